The summed E-state index contributed by atoms with van der Waals surface area (Å²) in [4.78, 5) is 26.1. The van der Waals surface area contributed by atoms with E-state index in [9.17, 15) is 9.59 Å². The van der Waals surface area contributed by atoms with Crippen molar-refractivity contribution in [3.05, 3.63) is 47.5 Å². The molecule has 3 aromatic rings. The molecule has 0 N–H and O–H groups in total. The molecule has 5 rings (SSSR count). The number of unbranched alkanes of at least 4 members (excludes halogenated alkanes) is 18. The number of fused-ring (bicyclic) bond motifs is 2. The Morgan fingerprint density at radius 2 is 0.810 bits per heavy atom. The Hall–Kier alpha value is -2.99. The van der Waals surface area contributed by atoms with E-state index in [0.29, 0.717) is 47.0 Å². The number of hydrogen-bond donors (Lipinski definition) is 0. The zero-order chi connectivity index (χ0) is 44.3. The van der Waals surface area contributed by atoms with Gasteiger partial charge in [-0.2, -0.15) is 0 Å². The van der Waals surface area contributed by atoms with Crippen molar-refractivity contribution in [2.75, 3.05) is 26.4 Å². The summed E-state index contributed by atoms with van der Waals surface area (Å²) in [7, 11) is 0. The highest BCUT2D eigenvalue weighted by Crippen LogP contribution is 2.44. The van der Waals surface area contributed by atoms with E-state index >= 15 is 0 Å². The Balaban J connectivity index is 1.000. The maximum atomic E-state index is 13.1. The van der Waals surface area contributed by atoms with Crippen LogP contribution in [0.25, 0.3) is 21.5 Å². The third-order valence-electron chi connectivity index (χ3n) is 14.4. The van der Waals surface area contributed by atoms with Crippen molar-refractivity contribution in [2.24, 2.45) is 23.7 Å². The van der Waals surface area contributed by atoms with Crippen molar-refractivity contribution in [3.8, 4) is 11.5 Å². The molecule has 0 bridgehead atoms. The molecule has 2 aliphatic carbocycles. The van der Waals surface area contributed by atoms with E-state index in [2.05, 4.69) is 13.8 Å². The van der Waals surface area contributed by atoms with Gasteiger partial charge >= 0.3 is 11.9 Å². The van der Waals surface area contributed by atoms with Gasteiger partial charge in [0.05, 0.1) is 13.2 Å². The van der Waals surface area contributed by atoms with Crippen LogP contribution in [0.2, 0.25) is 5.02 Å². The van der Waals surface area contributed by atoms with Gasteiger partial charge in [0.25, 0.3) is 0 Å². The molecule has 7 heteroatoms. The van der Waals surface area contributed by atoms with E-state index in [1.807, 2.05) is 36.4 Å². The summed E-state index contributed by atoms with van der Waals surface area (Å²) in [6.07, 6.45) is 39.8. The minimum atomic E-state index is -0.368. The highest BCUT2D eigenvalue weighted by atomic mass is 35.5. The molecule has 0 heterocycles. The Labute approximate surface area is 387 Å². The lowest BCUT2D eigenvalue weighted by molar-refractivity contribution is -0.148. The Bertz CT molecular complexity index is 1720. The van der Waals surface area contributed by atoms with Crippen LogP contribution in [0.15, 0.2) is 42.5 Å². The molecule has 0 aromatic heterocycles. The van der Waals surface area contributed by atoms with Crippen LogP contribution >= 0.6 is 11.6 Å². The van der Waals surface area contributed by atoms with Gasteiger partial charge in [0.15, 0.2) is 13.2 Å². The fourth-order valence-electron chi connectivity index (χ4n) is 10.4. The fourth-order valence-corrected chi connectivity index (χ4v) is 10.5. The molecule has 0 spiro atoms. The number of benzene rings is 3. The number of hydrogen-bond acceptors (Lipinski definition) is 6. The van der Waals surface area contributed by atoms with Gasteiger partial charge < -0.3 is 18.9 Å². The van der Waals surface area contributed by atoms with Crippen LogP contribution in [0.5, 0.6) is 11.5 Å². The Morgan fingerprint density at radius 3 is 1.22 bits per heavy atom. The van der Waals surface area contributed by atoms with Gasteiger partial charge in [0.2, 0.25) is 0 Å². The van der Waals surface area contributed by atoms with Crippen LogP contribution in [0.3, 0.4) is 0 Å². The van der Waals surface area contributed by atoms with E-state index < -0.39 is 0 Å². The van der Waals surface area contributed by atoms with Gasteiger partial charge in [-0.15, -0.1) is 0 Å². The average Bonchev–Trinajstić information content (AvgIpc) is 3.30. The van der Waals surface area contributed by atoms with E-state index in [0.717, 1.165) is 53.7 Å². The molecule has 2 saturated carbocycles. The summed E-state index contributed by atoms with van der Waals surface area (Å²) in [6, 6.07) is 13.3. The van der Waals surface area contributed by atoms with Crippen LogP contribution < -0.4 is 9.47 Å². The first-order valence-corrected chi connectivity index (χ1v) is 26.5. The van der Waals surface area contributed by atoms with E-state index in [-0.39, 0.29) is 25.2 Å². The average molecular weight is 890 g/mol. The molecule has 0 atom stereocenters. The Morgan fingerprint density at radius 1 is 0.460 bits per heavy atom. The van der Waals surface area contributed by atoms with E-state index in [1.54, 1.807) is 6.07 Å². The summed E-state index contributed by atoms with van der Waals surface area (Å²) in [5, 5.41) is 3.58. The van der Waals surface area contributed by atoms with Crippen LogP contribution in [-0.4, -0.2) is 38.4 Å². The summed E-state index contributed by atoms with van der Waals surface area (Å²) in [6.45, 7) is 5.07. The lowest BCUT2D eigenvalue weighted by Gasteiger charge is -2.28. The predicted octanol–water partition coefficient (Wildman–Crippen LogP) is 16.7. The van der Waals surface area contributed by atoms with Gasteiger partial charge in [-0.05, 0) is 67.6 Å². The van der Waals surface area contributed by atoms with Crippen molar-refractivity contribution < 1.29 is 28.5 Å². The summed E-state index contributed by atoms with van der Waals surface area (Å²) >= 11 is 6.53. The minimum Gasteiger partial charge on any atom is -0.481 e. The first kappa shape index (κ1) is 51.0. The molecule has 0 radical (unpaired) electrons. The summed E-state index contributed by atoms with van der Waals surface area (Å²) in [5.74, 6) is 2.86. The summed E-state index contributed by atoms with van der Waals surface area (Å²) in [5.41, 5.74) is 0. The highest BCUT2D eigenvalue weighted by Gasteiger charge is 2.25. The molecule has 6 nitrogen and oxygen atoms in total. The topological polar surface area (TPSA) is 71.1 Å². The number of carbonyl (C=O) groups excluding carboxylic acids is 2. The molecular weight excluding hydrogens is 804 g/mol. The van der Waals surface area contributed by atoms with Crippen LogP contribution in [0.4, 0.5) is 0 Å². The number of ether oxygens (including phenoxy) is 4. The van der Waals surface area contributed by atoms with Gasteiger partial charge in [0, 0.05) is 26.6 Å². The molecule has 63 heavy (non-hydrogen) atoms. The van der Waals surface area contributed by atoms with Gasteiger partial charge in [-0.25, -0.2) is 9.59 Å². The number of rotatable bonds is 32. The van der Waals surface area contributed by atoms with Gasteiger partial charge in [-0.1, -0.05) is 217 Å². The number of carbonyl (C=O) groups is 2. The third-order valence-corrected chi connectivity index (χ3v) is 14.6. The molecule has 2 fully saturated rings. The lowest BCUT2D eigenvalue weighted by atomic mass is 9.80. The standard InChI is InChI=1S/C56H85ClO6/c1-3-5-7-9-11-13-15-17-19-21-25-44-29-33-46(34-30-44)40-60-53(58)42-62-55-49-27-23-24-28-50(49)56(52-39-48(57)37-38-51(52)55)63-43-54(59)61-41-47-35-31-45(32-36-47)26-22-20-18-16-14-12-10-8-6-4-2/h23-24,27-28,37-39,44-47H,3-22,25-26,29-36,40-43H2,1-2H3. The first-order chi connectivity index (χ1) is 30.9. The molecule has 3 aromatic carbocycles. The molecule has 2 aliphatic rings. The monoisotopic (exact) mass is 889 g/mol. The highest BCUT2D eigenvalue weighted by molar-refractivity contribution is 6.31. The molecular formula is C56H85ClO6. The minimum absolute atomic E-state index is 0.191. The maximum Gasteiger partial charge on any atom is 0.344 e. The second kappa shape index (κ2) is 30.3. The van der Waals surface area contributed by atoms with Crippen LogP contribution in [0, 0.1) is 23.7 Å². The van der Waals surface area contributed by atoms with Crippen molar-refractivity contribution >= 4 is 45.1 Å². The third kappa shape index (κ3) is 18.8. The summed E-state index contributed by atoms with van der Waals surface area (Å²) < 4.78 is 24.1. The molecule has 0 aliphatic heterocycles. The van der Waals surface area contributed by atoms with Gasteiger partial charge in [-0.3, -0.25) is 0 Å². The quantitative estimate of drug-likeness (QED) is 0.0353. The lowest BCUT2D eigenvalue weighted by Crippen LogP contribution is -2.23. The zero-order valence-electron chi connectivity index (χ0n) is 39.7. The number of esters is 2. The predicted molar refractivity (Wildman–Crippen MR) is 263 cm³/mol. The fraction of sp³-hybridized carbons (Fsp3) is 0.714. The van der Waals surface area contributed by atoms with Crippen molar-refractivity contribution in [1.29, 1.82) is 0 Å². The molecule has 0 saturated heterocycles. The van der Waals surface area contributed by atoms with Crippen molar-refractivity contribution in [3.63, 3.8) is 0 Å². The second-order valence-corrected chi connectivity index (χ2v) is 20.0. The second-order valence-electron chi connectivity index (χ2n) is 19.6. The maximum absolute atomic E-state index is 13.1. The largest absolute Gasteiger partial charge is 0.481 e. The molecule has 352 valence electrons. The van der Waals surface area contributed by atoms with Crippen LogP contribution in [0.1, 0.15) is 206 Å². The van der Waals surface area contributed by atoms with E-state index in [1.165, 1.54) is 167 Å². The number of halogens is 1. The van der Waals surface area contributed by atoms with Crippen molar-refractivity contribution in [1.82, 2.24) is 0 Å². The molecule has 0 unspecified atom stereocenters. The molecule has 0 amide bonds. The normalized spacial score (nSPS) is 19.0. The Kier molecular flexibility index (Phi) is 24.5. The van der Waals surface area contributed by atoms with Gasteiger partial charge in [0.1, 0.15) is 11.5 Å². The zero-order valence-corrected chi connectivity index (χ0v) is 40.5. The smallest absolute Gasteiger partial charge is 0.344 e. The van der Waals surface area contributed by atoms with Crippen molar-refractivity contribution in [2.45, 2.75) is 206 Å². The van der Waals surface area contributed by atoms with E-state index in [4.69, 9.17) is 30.5 Å². The van der Waals surface area contributed by atoms with Crippen LogP contribution in [-0.2, 0) is 19.1 Å². The SMILES string of the molecule is CCCCCCCCCCCCC1CCC(COC(=O)COc2c3ccccc3c(OCC(=O)OCC3CCC(CCCCCCCCCCCC)CC3)c3cc(Cl)ccc23)CC1. The first-order valence-electron chi connectivity index (χ1n) is 26.2.